The van der Waals surface area contributed by atoms with Crippen molar-refractivity contribution in [3.63, 3.8) is 0 Å². The Hall–Kier alpha value is -1.42. The Bertz CT molecular complexity index is 662. The van der Waals surface area contributed by atoms with Crippen molar-refractivity contribution in [1.82, 2.24) is 19.9 Å². The van der Waals surface area contributed by atoms with Gasteiger partial charge in [-0.15, -0.1) is 0 Å². The van der Waals surface area contributed by atoms with E-state index in [4.69, 9.17) is 4.74 Å². The largest absolute Gasteiger partial charge is 0.383 e. The van der Waals surface area contributed by atoms with Crippen molar-refractivity contribution >= 4 is 15.9 Å². The molecule has 0 saturated carbocycles. The molecule has 1 amide bonds. The van der Waals surface area contributed by atoms with Gasteiger partial charge in [-0.05, 0) is 25.5 Å². The highest BCUT2D eigenvalue weighted by Gasteiger charge is 2.35. The Kier molecular flexibility index (Phi) is 5.45. The van der Waals surface area contributed by atoms with Crippen LogP contribution in [0.5, 0.6) is 0 Å². The molecule has 2 rings (SSSR count). The maximum Gasteiger partial charge on any atom is 0.267 e. The van der Waals surface area contributed by atoms with Gasteiger partial charge in [0.15, 0.2) is 0 Å². The molecule has 130 valence electrons. The summed E-state index contributed by atoms with van der Waals surface area (Å²) in [4.78, 5) is 11.8. The normalized spacial score (nSPS) is 21.5. The van der Waals surface area contributed by atoms with E-state index in [9.17, 15) is 13.2 Å². The summed E-state index contributed by atoms with van der Waals surface area (Å²) < 4.78 is 34.3. The van der Waals surface area contributed by atoms with Crippen LogP contribution in [0.1, 0.15) is 23.3 Å². The number of hydrogen-bond acceptors (Lipinski definition) is 5. The molecule has 0 bridgehead atoms. The van der Waals surface area contributed by atoms with Gasteiger partial charge in [-0.1, -0.05) is 0 Å². The molecular weight excluding hydrogens is 320 g/mol. The summed E-state index contributed by atoms with van der Waals surface area (Å²) in [5, 5.41) is 5.80. The van der Waals surface area contributed by atoms with E-state index >= 15 is 0 Å². The van der Waals surface area contributed by atoms with Crippen molar-refractivity contribution in [3.8, 4) is 0 Å². The quantitative estimate of drug-likeness (QED) is 0.615. The summed E-state index contributed by atoms with van der Waals surface area (Å²) in [7, 11) is 1.04. The number of amides is 1. The monoisotopic (exact) mass is 344 g/mol. The lowest BCUT2D eigenvalue weighted by atomic mass is 9.99. The molecule has 1 aromatic rings. The summed E-state index contributed by atoms with van der Waals surface area (Å²) in [5.74, 6) is -0.331. The van der Waals surface area contributed by atoms with Crippen molar-refractivity contribution in [3.05, 3.63) is 18.0 Å². The number of rotatable bonds is 7. The van der Waals surface area contributed by atoms with E-state index < -0.39 is 10.0 Å². The topological polar surface area (TPSA) is 101 Å². The van der Waals surface area contributed by atoms with Crippen LogP contribution in [0, 0.1) is 0 Å². The summed E-state index contributed by atoms with van der Waals surface area (Å²) in [6, 6.07) is 1.37. The molecule has 1 saturated heterocycles. The van der Waals surface area contributed by atoms with Gasteiger partial charge in [0.1, 0.15) is 10.6 Å². The second-order valence-electron chi connectivity index (χ2n) is 5.82. The third-order valence-corrected chi connectivity index (χ3v) is 5.47. The van der Waals surface area contributed by atoms with Crippen LogP contribution in [-0.4, -0.2) is 58.3 Å². The Morgan fingerprint density at radius 2 is 2.26 bits per heavy atom. The van der Waals surface area contributed by atoms with E-state index in [0.717, 1.165) is 19.4 Å². The molecule has 0 radical (unpaired) electrons. The zero-order valence-corrected chi connectivity index (χ0v) is 14.5. The van der Waals surface area contributed by atoms with Gasteiger partial charge in [0, 0.05) is 33.9 Å². The third kappa shape index (κ3) is 3.92. The van der Waals surface area contributed by atoms with Gasteiger partial charge in [-0.2, -0.15) is 0 Å². The molecule has 1 aromatic heterocycles. The average Bonchev–Trinajstić information content (AvgIpc) is 3.13. The summed E-state index contributed by atoms with van der Waals surface area (Å²) >= 11 is 0. The van der Waals surface area contributed by atoms with Gasteiger partial charge < -0.3 is 19.9 Å². The average molecular weight is 344 g/mol. The van der Waals surface area contributed by atoms with Gasteiger partial charge in [0.05, 0.1) is 12.1 Å². The minimum absolute atomic E-state index is 0.0733. The number of carbonyl (C=O) groups is 1. The molecule has 3 N–H and O–H groups in total. The highest BCUT2D eigenvalue weighted by atomic mass is 32.2. The number of nitrogens with zero attached hydrogens (tertiary/aromatic N) is 1. The first-order valence-corrected chi connectivity index (χ1v) is 8.94. The van der Waals surface area contributed by atoms with Crippen LogP contribution >= 0.6 is 0 Å². The lowest BCUT2D eigenvalue weighted by Crippen LogP contribution is -2.52. The lowest BCUT2D eigenvalue weighted by Gasteiger charge is -2.28. The van der Waals surface area contributed by atoms with Gasteiger partial charge in [0.2, 0.25) is 10.0 Å². The van der Waals surface area contributed by atoms with E-state index in [1.54, 1.807) is 14.2 Å². The van der Waals surface area contributed by atoms with E-state index in [0.29, 0.717) is 12.3 Å². The molecule has 23 heavy (non-hydrogen) atoms. The van der Waals surface area contributed by atoms with Crippen LogP contribution in [0.15, 0.2) is 17.2 Å². The van der Waals surface area contributed by atoms with Crippen LogP contribution in [0.3, 0.4) is 0 Å². The van der Waals surface area contributed by atoms with Crippen LogP contribution in [-0.2, 0) is 21.8 Å². The van der Waals surface area contributed by atoms with Gasteiger partial charge >= 0.3 is 0 Å². The molecule has 2 heterocycles. The molecule has 8 nitrogen and oxygen atoms in total. The fraction of sp³-hybridized carbons (Fsp3) is 0.643. The molecule has 0 aliphatic carbocycles. The number of aromatic nitrogens is 1. The number of aryl methyl sites for hydroxylation is 1. The molecule has 1 fully saturated rings. The van der Waals surface area contributed by atoms with Gasteiger partial charge in [0.25, 0.3) is 5.91 Å². The number of hydrogen-bond donors (Lipinski definition) is 3. The second-order valence-corrected chi connectivity index (χ2v) is 7.59. The van der Waals surface area contributed by atoms with Crippen LogP contribution in [0.25, 0.3) is 0 Å². The first kappa shape index (κ1) is 17.9. The minimum atomic E-state index is -3.69. The van der Waals surface area contributed by atoms with Crippen LogP contribution < -0.4 is 15.4 Å². The summed E-state index contributed by atoms with van der Waals surface area (Å²) in [6.45, 7) is 1.53. The molecule has 0 aromatic carbocycles. The minimum Gasteiger partial charge on any atom is -0.383 e. The van der Waals surface area contributed by atoms with Crippen LogP contribution in [0.2, 0.25) is 0 Å². The predicted octanol–water partition coefficient (Wildman–Crippen LogP) is -0.568. The lowest BCUT2D eigenvalue weighted by molar-refractivity contribution is 0.0955. The van der Waals surface area contributed by atoms with E-state index in [1.807, 2.05) is 0 Å². The highest BCUT2D eigenvalue weighted by molar-refractivity contribution is 7.89. The molecule has 1 unspecified atom stereocenters. The van der Waals surface area contributed by atoms with Crippen molar-refractivity contribution in [1.29, 1.82) is 0 Å². The van der Waals surface area contributed by atoms with Gasteiger partial charge in [-0.3, -0.25) is 4.79 Å². The zero-order valence-electron chi connectivity index (χ0n) is 13.7. The third-order valence-electron chi connectivity index (χ3n) is 4.10. The number of nitrogens with one attached hydrogen (secondary N) is 3. The van der Waals surface area contributed by atoms with Crippen molar-refractivity contribution < 1.29 is 17.9 Å². The van der Waals surface area contributed by atoms with Gasteiger partial charge in [-0.25, -0.2) is 13.1 Å². The predicted molar refractivity (Wildman–Crippen MR) is 85.8 cm³/mol. The van der Waals surface area contributed by atoms with E-state index in [1.165, 1.54) is 23.9 Å². The number of sulfonamides is 1. The first-order valence-electron chi connectivity index (χ1n) is 7.46. The second kappa shape index (κ2) is 7.00. The number of carbonyl (C=O) groups excluding carboxylic acids is 1. The number of methoxy groups -OCH3 is 1. The Morgan fingerprint density at radius 3 is 2.83 bits per heavy atom. The maximum absolute atomic E-state index is 12.5. The van der Waals surface area contributed by atoms with E-state index in [-0.39, 0.29) is 22.9 Å². The molecular formula is C14H24N4O4S. The van der Waals surface area contributed by atoms with Crippen LogP contribution in [0.4, 0.5) is 0 Å². The van der Waals surface area contributed by atoms with Crippen molar-refractivity contribution in [2.75, 3.05) is 33.9 Å². The van der Waals surface area contributed by atoms with Crippen molar-refractivity contribution in [2.45, 2.75) is 23.3 Å². The zero-order chi connectivity index (χ0) is 17.1. The maximum atomic E-state index is 12.5. The standard InChI is InChI=1S/C14H24N4O4S/c1-15-13(19)12-7-11(8-18(12)2)23(20,21)17-9-14(10-22-3)5-4-6-16-14/h7-8,16-17H,4-6,9-10H2,1-3H3,(H,15,19). The Balaban J connectivity index is 2.14. The number of ether oxygens (including phenoxy) is 1. The molecule has 9 heteroatoms. The Morgan fingerprint density at radius 1 is 1.52 bits per heavy atom. The fourth-order valence-electron chi connectivity index (χ4n) is 2.82. The highest BCUT2D eigenvalue weighted by Crippen LogP contribution is 2.20. The molecule has 1 aliphatic heterocycles. The smallest absolute Gasteiger partial charge is 0.267 e. The van der Waals surface area contributed by atoms with E-state index in [2.05, 4.69) is 15.4 Å². The molecule has 1 atom stereocenters. The SMILES string of the molecule is CNC(=O)c1cc(S(=O)(=O)NCC2(COC)CCCN2)cn1C. The fourth-order valence-corrected chi connectivity index (χ4v) is 4.02. The summed E-state index contributed by atoms with van der Waals surface area (Å²) in [6.07, 6.45) is 3.26. The summed E-state index contributed by atoms with van der Waals surface area (Å²) in [5.41, 5.74) is -0.0845. The Labute approximate surface area is 136 Å². The van der Waals surface area contributed by atoms with Crippen molar-refractivity contribution in [2.24, 2.45) is 7.05 Å². The molecule has 1 aliphatic rings. The molecule has 0 spiro atoms. The first-order chi connectivity index (χ1) is 10.8.